The van der Waals surface area contributed by atoms with E-state index >= 15 is 0 Å². The Balaban J connectivity index is 2.66. The van der Waals surface area contributed by atoms with Crippen molar-refractivity contribution in [3.8, 4) is 5.69 Å². The first-order chi connectivity index (χ1) is 8.73. The third-order valence-electron chi connectivity index (χ3n) is 1.82. The maximum absolute atomic E-state index is 10.0. The minimum atomic E-state index is -2.93. The smallest absolute Gasteiger partial charge is 0.106 e. The second kappa shape index (κ2) is 4.12. The van der Waals surface area contributed by atoms with Gasteiger partial charge in [-0.3, -0.25) is 0 Å². The zero-order valence-corrected chi connectivity index (χ0v) is 9.14. The van der Waals surface area contributed by atoms with Crippen molar-refractivity contribution >= 4 is 15.9 Å². The van der Waals surface area contributed by atoms with Gasteiger partial charge >= 0.3 is 0 Å². The van der Waals surface area contributed by atoms with E-state index < -0.39 is 12.9 Å². The minimum absolute atomic E-state index is 0.238. The SMILES string of the molecule is [2H]C([2H])([2H])C([2H])(O)c1nc(Br)ccc1-n1cccn1. The summed E-state index contributed by atoms with van der Waals surface area (Å²) in [6, 6.07) is 4.75. The lowest BCUT2D eigenvalue weighted by Gasteiger charge is -2.10. The molecule has 0 aliphatic rings. The summed E-state index contributed by atoms with van der Waals surface area (Å²) < 4.78 is 31.2. The summed E-state index contributed by atoms with van der Waals surface area (Å²) in [5, 5.41) is 14.0. The average molecular weight is 272 g/mol. The fraction of sp³-hybridized carbons (Fsp3) is 0.200. The van der Waals surface area contributed by atoms with Gasteiger partial charge in [-0.25, -0.2) is 9.67 Å². The summed E-state index contributed by atoms with van der Waals surface area (Å²) >= 11 is 3.10. The third-order valence-corrected chi connectivity index (χ3v) is 2.26. The lowest BCUT2D eigenvalue weighted by Crippen LogP contribution is -2.05. The van der Waals surface area contributed by atoms with Gasteiger partial charge in [-0.15, -0.1) is 0 Å². The van der Waals surface area contributed by atoms with Crippen LogP contribution in [0.4, 0.5) is 0 Å². The Morgan fingerprint density at radius 2 is 2.53 bits per heavy atom. The monoisotopic (exact) mass is 271 g/mol. The molecule has 0 saturated heterocycles. The number of halogens is 1. The number of hydrogen-bond acceptors (Lipinski definition) is 3. The Labute approximate surface area is 101 Å². The highest BCUT2D eigenvalue weighted by Crippen LogP contribution is 2.21. The molecule has 15 heavy (non-hydrogen) atoms. The van der Waals surface area contributed by atoms with E-state index in [1.54, 1.807) is 18.3 Å². The zero-order chi connectivity index (χ0) is 14.3. The molecule has 5 heteroatoms. The van der Waals surface area contributed by atoms with E-state index in [1.165, 1.54) is 16.9 Å². The van der Waals surface area contributed by atoms with Crippen molar-refractivity contribution in [2.24, 2.45) is 0 Å². The Kier molecular flexibility index (Phi) is 1.76. The molecule has 0 aliphatic heterocycles. The molecule has 0 radical (unpaired) electrons. The standard InChI is InChI=1S/C10H10BrN3O/c1-7(15)10-8(3-4-9(11)13-10)14-6-2-5-12-14/h2-7,15H,1H3/i1D3,7D. The first kappa shape index (κ1) is 6.40. The summed E-state index contributed by atoms with van der Waals surface area (Å²) in [6.07, 6.45) is 0.256. The van der Waals surface area contributed by atoms with E-state index in [1.807, 2.05) is 0 Å². The van der Waals surface area contributed by atoms with Gasteiger partial charge in [-0.1, -0.05) is 0 Å². The predicted molar refractivity (Wildman–Crippen MR) is 59.7 cm³/mol. The van der Waals surface area contributed by atoms with Crippen LogP contribution in [-0.4, -0.2) is 19.9 Å². The van der Waals surface area contributed by atoms with Crippen LogP contribution in [0.5, 0.6) is 0 Å². The number of nitrogens with zero attached hydrogens (tertiary/aromatic N) is 3. The first-order valence-corrected chi connectivity index (χ1v) is 4.92. The topological polar surface area (TPSA) is 50.9 Å². The Bertz CT molecular complexity index is 583. The van der Waals surface area contributed by atoms with Crippen LogP contribution in [-0.2, 0) is 0 Å². The molecule has 0 aliphatic carbocycles. The summed E-state index contributed by atoms with van der Waals surface area (Å²) in [4.78, 5) is 3.93. The molecule has 1 unspecified atom stereocenters. The number of pyridine rings is 1. The van der Waals surface area contributed by atoms with Gasteiger partial charge in [0, 0.05) is 16.5 Å². The van der Waals surface area contributed by atoms with Gasteiger partial charge in [0.2, 0.25) is 0 Å². The number of hydrogen-bond donors (Lipinski definition) is 1. The van der Waals surface area contributed by atoms with Gasteiger partial charge in [0.15, 0.2) is 0 Å². The molecule has 4 nitrogen and oxygen atoms in total. The van der Waals surface area contributed by atoms with Crippen LogP contribution in [0.2, 0.25) is 0 Å². The zero-order valence-electron chi connectivity index (χ0n) is 11.6. The van der Waals surface area contributed by atoms with Crippen LogP contribution in [0.3, 0.4) is 0 Å². The second-order valence-electron chi connectivity index (χ2n) is 2.80. The molecule has 2 heterocycles. The maximum atomic E-state index is 10.0. The molecule has 0 saturated carbocycles. The van der Waals surface area contributed by atoms with E-state index in [4.69, 9.17) is 5.48 Å². The van der Waals surface area contributed by atoms with Crippen LogP contribution in [0.1, 0.15) is 24.1 Å². The van der Waals surface area contributed by atoms with Crippen molar-refractivity contribution < 1.29 is 10.6 Å². The van der Waals surface area contributed by atoms with E-state index in [9.17, 15) is 5.11 Å². The predicted octanol–water partition coefficient (Wildman–Crippen LogP) is 2.08. The van der Waals surface area contributed by atoms with Crippen LogP contribution >= 0.6 is 15.9 Å². The molecular weight excluding hydrogens is 258 g/mol. The van der Waals surface area contributed by atoms with Gasteiger partial charge in [-0.05, 0) is 41.0 Å². The quantitative estimate of drug-likeness (QED) is 0.851. The summed E-state index contributed by atoms with van der Waals surface area (Å²) in [7, 11) is 0. The average Bonchev–Trinajstić information content (AvgIpc) is 2.80. The summed E-state index contributed by atoms with van der Waals surface area (Å²) in [5.74, 6) is 0. The van der Waals surface area contributed by atoms with Crippen molar-refractivity contribution in [1.82, 2.24) is 14.8 Å². The molecule has 2 aromatic rings. The highest BCUT2D eigenvalue weighted by Gasteiger charge is 2.11. The molecule has 1 N–H and O–H groups in total. The molecule has 78 valence electrons. The van der Waals surface area contributed by atoms with Crippen LogP contribution in [0.15, 0.2) is 35.2 Å². The molecule has 0 fully saturated rings. The Hall–Kier alpha value is -1.20. The van der Waals surface area contributed by atoms with Crippen molar-refractivity contribution in [2.45, 2.75) is 12.9 Å². The molecular formula is C10H10BrN3O. The fourth-order valence-electron chi connectivity index (χ4n) is 1.20. The highest BCUT2D eigenvalue weighted by molar-refractivity contribution is 9.10. The van der Waals surface area contributed by atoms with Gasteiger partial charge in [0.1, 0.15) is 4.60 Å². The molecule has 0 bridgehead atoms. The van der Waals surface area contributed by atoms with Crippen LogP contribution in [0.25, 0.3) is 5.69 Å². The van der Waals surface area contributed by atoms with Crippen molar-refractivity contribution in [2.75, 3.05) is 0 Å². The lowest BCUT2D eigenvalue weighted by atomic mass is 10.2. The highest BCUT2D eigenvalue weighted by atomic mass is 79.9. The first-order valence-electron chi connectivity index (χ1n) is 6.13. The summed E-state index contributed by atoms with van der Waals surface area (Å²) in [5.41, 5.74) is -0.0487. The minimum Gasteiger partial charge on any atom is -0.387 e. The van der Waals surface area contributed by atoms with Crippen LogP contribution < -0.4 is 0 Å². The number of rotatable bonds is 2. The van der Waals surface area contributed by atoms with E-state index in [-0.39, 0.29) is 11.4 Å². The largest absolute Gasteiger partial charge is 0.387 e. The molecule has 0 amide bonds. The number of aromatic nitrogens is 3. The molecule has 0 spiro atoms. The fourth-order valence-corrected chi connectivity index (χ4v) is 1.51. The summed E-state index contributed by atoms with van der Waals surface area (Å²) in [6.45, 7) is -2.93. The lowest BCUT2D eigenvalue weighted by molar-refractivity contribution is 0.193. The van der Waals surface area contributed by atoms with E-state index in [2.05, 4.69) is 26.0 Å². The Morgan fingerprint density at radius 3 is 3.20 bits per heavy atom. The van der Waals surface area contributed by atoms with Crippen molar-refractivity contribution in [3.05, 3.63) is 40.9 Å². The van der Waals surface area contributed by atoms with Gasteiger partial charge in [0.25, 0.3) is 0 Å². The van der Waals surface area contributed by atoms with Crippen molar-refractivity contribution in [3.63, 3.8) is 0 Å². The molecule has 1 atom stereocenters. The van der Waals surface area contributed by atoms with E-state index in [0.717, 1.165) is 0 Å². The normalized spacial score (nSPS) is 19.6. The van der Waals surface area contributed by atoms with Crippen LogP contribution in [0, 0.1) is 0 Å². The number of aliphatic hydroxyl groups is 1. The maximum Gasteiger partial charge on any atom is 0.106 e. The van der Waals surface area contributed by atoms with Gasteiger partial charge in [0.05, 0.1) is 18.8 Å². The van der Waals surface area contributed by atoms with Gasteiger partial charge in [-0.2, -0.15) is 5.10 Å². The van der Waals surface area contributed by atoms with Crippen molar-refractivity contribution in [1.29, 1.82) is 0 Å². The Morgan fingerprint density at radius 1 is 1.67 bits per heavy atom. The molecule has 2 rings (SSSR count). The van der Waals surface area contributed by atoms with Gasteiger partial charge < -0.3 is 5.11 Å². The third kappa shape index (κ3) is 2.08. The second-order valence-corrected chi connectivity index (χ2v) is 3.61. The molecule has 2 aromatic heterocycles. The molecule has 0 aromatic carbocycles. The van der Waals surface area contributed by atoms with E-state index in [0.29, 0.717) is 4.60 Å².